The molecule has 1 aliphatic rings. The number of allylic oxidation sites excluding steroid dienone is 2. The van der Waals surface area contributed by atoms with Gasteiger partial charge >= 0.3 is 11.9 Å². The van der Waals surface area contributed by atoms with Gasteiger partial charge in [0.05, 0.1) is 32.1 Å². The highest BCUT2D eigenvalue weighted by atomic mass is 19.1. The van der Waals surface area contributed by atoms with E-state index in [2.05, 4.69) is 0 Å². The van der Waals surface area contributed by atoms with Gasteiger partial charge in [-0.15, -0.1) is 0 Å². The van der Waals surface area contributed by atoms with Gasteiger partial charge in [-0.25, -0.2) is 14.0 Å². The van der Waals surface area contributed by atoms with Gasteiger partial charge in [-0.05, 0) is 31.2 Å². The zero-order chi connectivity index (χ0) is 18.4. The third kappa shape index (κ3) is 3.88. The zero-order valence-corrected chi connectivity index (χ0v) is 14.1. The number of hydrogen-bond donors (Lipinski definition) is 0. The van der Waals surface area contributed by atoms with Gasteiger partial charge in [-0.1, -0.05) is 6.08 Å². The van der Waals surface area contributed by atoms with E-state index < -0.39 is 17.8 Å². The Balaban J connectivity index is 2.71. The number of halogens is 1. The molecule has 0 bridgehead atoms. The second kappa shape index (κ2) is 8.14. The molecule has 1 aromatic carbocycles. The molecule has 2 rings (SSSR count). The highest BCUT2D eigenvalue weighted by molar-refractivity contribution is 6.05. The lowest BCUT2D eigenvalue weighted by Crippen LogP contribution is -2.27. The molecule has 132 valence electrons. The van der Waals surface area contributed by atoms with E-state index in [1.54, 1.807) is 19.1 Å². The van der Waals surface area contributed by atoms with Crippen LogP contribution in [0.4, 0.5) is 10.1 Å². The molecule has 0 amide bonds. The van der Waals surface area contributed by atoms with Crippen LogP contribution in [0.15, 0.2) is 53.9 Å². The lowest BCUT2D eigenvalue weighted by atomic mass is 10.1. The van der Waals surface area contributed by atoms with Crippen molar-refractivity contribution in [1.82, 2.24) is 0 Å². The minimum Gasteiger partial charge on any atom is -0.492 e. The van der Waals surface area contributed by atoms with Crippen molar-refractivity contribution < 1.29 is 28.2 Å². The molecule has 0 aliphatic carbocycles. The van der Waals surface area contributed by atoms with Crippen LogP contribution in [0.2, 0.25) is 0 Å². The zero-order valence-electron chi connectivity index (χ0n) is 14.1. The molecule has 0 saturated heterocycles. The largest absolute Gasteiger partial charge is 0.492 e. The Kier molecular flexibility index (Phi) is 5.94. The van der Waals surface area contributed by atoms with Crippen molar-refractivity contribution in [3.05, 3.63) is 59.7 Å². The summed E-state index contributed by atoms with van der Waals surface area (Å²) in [5, 5.41) is 0. The van der Waals surface area contributed by atoms with Crippen LogP contribution in [0.5, 0.6) is 5.75 Å². The van der Waals surface area contributed by atoms with Crippen LogP contribution < -0.4 is 9.64 Å². The SMILES string of the molecule is CCOc1ccc(F)cc1N1C=CC=CC(C(=O)OC)=C1C(=O)OC. The maximum Gasteiger partial charge on any atom is 0.355 e. The van der Waals surface area contributed by atoms with E-state index in [4.69, 9.17) is 14.2 Å². The van der Waals surface area contributed by atoms with Crippen molar-refractivity contribution in [3.63, 3.8) is 0 Å². The Morgan fingerprint density at radius 2 is 1.84 bits per heavy atom. The van der Waals surface area contributed by atoms with Crippen LogP contribution in [-0.2, 0) is 19.1 Å². The first-order chi connectivity index (χ1) is 12.0. The van der Waals surface area contributed by atoms with Crippen LogP contribution in [-0.4, -0.2) is 32.8 Å². The molecule has 0 atom stereocenters. The van der Waals surface area contributed by atoms with E-state index in [1.165, 1.54) is 49.6 Å². The van der Waals surface area contributed by atoms with E-state index in [-0.39, 0.29) is 17.0 Å². The fourth-order valence-electron chi connectivity index (χ4n) is 2.31. The number of benzene rings is 1. The second-order valence-corrected chi connectivity index (χ2v) is 4.86. The Morgan fingerprint density at radius 1 is 1.12 bits per heavy atom. The van der Waals surface area contributed by atoms with E-state index in [0.717, 1.165) is 0 Å². The van der Waals surface area contributed by atoms with Crippen LogP contribution >= 0.6 is 0 Å². The average molecular weight is 347 g/mol. The summed E-state index contributed by atoms with van der Waals surface area (Å²) in [5.74, 6) is -1.67. The predicted molar refractivity (Wildman–Crippen MR) is 89.4 cm³/mol. The van der Waals surface area contributed by atoms with E-state index in [0.29, 0.717) is 12.4 Å². The molecule has 1 heterocycles. The molecule has 0 N–H and O–H groups in total. The van der Waals surface area contributed by atoms with Crippen molar-refractivity contribution >= 4 is 17.6 Å². The summed E-state index contributed by atoms with van der Waals surface area (Å²) < 4.78 is 28.9. The van der Waals surface area contributed by atoms with Crippen molar-refractivity contribution in [2.24, 2.45) is 0 Å². The Bertz CT molecular complexity index is 767. The number of nitrogens with zero attached hydrogens (tertiary/aromatic N) is 1. The number of carbonyl (C=O) groups is 2. The number of methoxy groups -OCH3 is 2. The molecule has 1 aliphatic heterocycles. The molecular weight excluding hydrogens is 329 g/mol. The summed E-state index contributed by atoms with van der Waals surface area (Å²) in [7, 11) is 2.39. The number of ether oxygens (including phenoxy) is 3. The Labute approximate surface area is 144 Å². The van der Waals surface area contributed by atoms with Crippen LogP contribution in [0.3, 0.4) is 0 Å². The highest BCUT2D eigenvalue weighted by Gasteiger charge is 2.29. The first-order valence-electron chi connectivity index (χ1n) is 7.50. The highest BCUT2D eigenvalue weighted by Crippen LogP contribution is 2.34. The maximum absolute atomic E-state index is 13.8. The molecule has 0 aromatic heterocycles. The average Bonchev–Trinajstić information content (AvgIpc) is 2.84. The molecular formula is C18H18FNO5. The summed E-state index contributed by atoms with van der Waals surface area (Å²) in [6, 6.07) is 3.91. The summed E-state index contributed by atoms with van der Waals surface area (Å²) in [6.07, 6.45) is 6.10. The topological polar surface area (TPSA) is 65.1 Å². The third-order valence-corrected chi connectivity index (χ3v) is 3.37. The number of hydrogen-bond acceptors (Lipinski definition) is 6. The lowest BCUT2D eigenvalue weighted by Gasteiger charge is -2.25. The van der Waals surface area contributed by atoms with Gasteiger partial charge < -0.3 is 19.1 Å². The Morgan fingerprint density at radius 3 is 2.48 bits per heavy atom. The van der Waals surface area contributed by atoms with Crippen molar-refractivity contribution in [1.29, 1.82) is 0 Å². The maximum atomic E-state index is 13.8. The van der Waals surface area contributed by atoms with Gasteiger partial charge in [0.15, 0.2) is 0 Å². The minimum atomic E-state index is -0.775. The number of rotatable bonds is 5. The van der Waals surface area contributed by atoms with Crippen LogP contribution in [0, 0.1) is 5.82 Å². The second-order valence-electron chi connectivity index (χ2n) is 4.86. The molecule has 1 aromatic rings. The summed E-state index contributed by atoms with van der Waals surface area (Å²) >= 11 is 0. The monoisotopic (exact) mass is 347 g/mol. The first-order valence-corrected chi connectivity index (χ1v) is 7.50. The summed E-state index contributed by atoms with van der Waals surface area (Å²) in [4.78, 5) is 25.8. The van der Waals surface area contributed by atoms with E-state index in [1.807, 2.05) is 0 Å². The molecule has 0 spiro atoms. The lowest BCUT2D eigenvalue weighted by molar-refractivity contribution is -0.139. The summed E-state index contributed by atoms with van der Waals surface area (Å²) in [6.45, 7) is 2.12. The first kappa shape index (κ1) is 18.3. The quantitative estimate of drug-likeness (QED) is 0.763. The molecule has 6 nitrogen and oxygen atoms in total. The molecule has 7 heteroatoms. The van der Waals surface area contributed by atoms with Gasteiger partial charge in [0.1, 0.15) is 17.3 Å². The number of anilines is 1. The summed E-state index contributed by atoms with van der Waals surface area (Å²) in [5.41, 5.74) is 0.126. The molecule has 0 radical (unpaired) electrons. The number of esters is 2. The molecule has 0 fully saturated rings. The minimum absolute atomic E-state index is 0.0222. The van der Waals surface area contributed by atoms with Crippen molar-refractivity contribution in [2.45, 2.75) is 6.92 Å². The van der Waals surface area contributed by atoms with E-state index >= 15 is 0 Å². The normalized spacial score (nSPS) is 13.5. The van der Waals surface area contributed by atoms with Gasteiger partial charge in [-0.2, -0.15) is 0 Å². The molecule has 25 heavy (non-hydrogen) atoms. The fraction of sp³-hybridized carbons (Fsp3) is 0.222. The Hall–Kier alpha value is -3.09. The molecule has 0 unspecified atom stereocenters. The van der Waals surface area contributed by atoms with Gasteiger partial charge in [0.2, 0.25) is 0 Å². The smallest absolute Gasteiger partial charge is 0.355 e. The van der Waals surface area contributed by atoms with Gasteiger partial charge in [0, 0.05) is 12.3 Å². The standard InChI is InChI=1S/C18H18FNO5/c1-4-25-15-9-8-12(19)11-14(15)20-10-6-5-7-13(17(21)23-2)16(20)18(22)24-3/h5-11H,4H2,1-3H3. The van der Waals surface area contributed by atoms with E-state index in [9.17, 15) is 14.0 Å². The van der Waals surface area contributed by atoms with Gasteiger partial charge in [0.25, 0.3) is 0 Å². The van der Waals surface area contributed by atoms with Crippen molar-refractivity contribution in [3.8, 4) is 5.75 Å². The predicted octanol–water partition coefficient (Wildman–Crippen LogP) is 2.71. The van der Waals surface area contributed by atoms with Gasteiger partial charge in [-0.3, -0.25) is 0 Å². The third-order valence-electron chi connectivity index (χ3n) is 3.37. The number of carbonyl (C=O) groups excluding carboxylic acids is 2. The molecule has 0 saturated carbocycles. The van der Waals surface area contributed by atoms with Crippen LogP contribution in [0.1, 0.15) is 6.92 Å². The van der Waals surface area contributed by atoms with Crippen molar-refractivity contribution in [2.75, 3.05) is 25.7 Å². The van der Waals surface area contributed by atoms with Crippen LogP contribution in [0.25, 0.3) is 0 Å². The fourth-order valence-corrected chi connectivity index (χ4v) is 2.31.